The van der Waals surface area contributed by atoms with Gasteiger partial charge < -0.3 is 24.4 Å². The van der Waals surface area contributed by atoms with Crippen LogP contribution in [-0.4, -0.2) is 71.6 Å². The molecular weight excluding hydrogens is 512 g/mol. The number of aromatic nitrogens is 3. The summed E-state index contributed by atoms with van der Waals surface area (Å²) in [5.41, 5.74) is 1.05. The lowest BCUT2D eigenvalue weighted by Gasteiger charge is -2.37. The molecular formula is C21H33FIN7O. The van der Waals surface area contributed by atoms with E-state index in [1.54, 1.807) is 0 Å². The van der Waals surface area contributed by atoms with Gasteiger partial charge >= 0.3 is 0 Å². The summed E-state index contributed by atoms with van der Waals surface area (Å²) in [5.74, 6) is 2.39. The van der Waals surface area contributed by atoms with E-state index in [4.69, 9.17) is 9.73 Å². The van der Waals surface area contributed by atoms with Crippen molar-refractivity contribution in [2.75, 3.05) is 50.8 Å². The molecule has 1 saturated heterocycles. The van der Waals surface area contributed by atoms with E-state index in [1.807, 2.05) is 37.6 Å². The van der Waals surface area contributed by atoms with Gasteiger partial charge in [-0.25, -0.2) is 9.38 Å². The second-order valence-corrected chi connectivity index (χ2v) is 7.29. The first-order chi connectivity index (χ1) is 14.6. The van der Waals surface area contributed by atoms with Gasteiger partial charge in [0.25, 0.3) is 0 Å². The van der Waals surface area contributed by atoms with Crippen molar-refractivity contribution in [3.05, 3.63) is 41.7 Å². The normalized spacial score (nSPS) is 14.5. The summed E-state index contributed by atoms with van der Waals surface area (Å²) in [4.78, 5) is 9.36. The Morgan fingerprint density at radius 1 is 1.16 bits per heavy atom. The third-order valence-corrected chi connectivity index (χ3v) is 5.28. The minimum absolute atomic E-state index is 0. The lowest BCUT2D eigenvalue weighted by Crippen LogP contribution is -2.52. The van der Waals surface area contributed by atoms with E-state index in [0.717, 1.165) is 75.7 Å². The average Bonchev–Trinajstić information content (AvgIpc) is 3.08. The number of benzene rings is 1. The Kier molecular flexibility index (Phi) is 10.4. The number of ether oxygens (including phenoxy) is 1. The number of aryl methyl sites for hydroxylation is 1. The van der Waals surface area contributed by atoms with Crippen LogP contribution in [0.25, 0.3) is 0 Å². The van der Waals surface area contributed by atoms with Gasteiger partial charge in [-0.05, 0) is 44.5 Å². The number of hydrogen-bond acceptors (Lipinski definition) is 5. The number of piperazine rings is 1. The van der Waals surface area contributed by atoms with Crippen molar-refractivity contribution < 1.29 is 9.13 Å². The Morgan fingerprint density at radius 2 is 1.87 bits per heavy atom. The molecule has 1 N–H and O–H groups in total. The first-order valence-electron chi connectivity index (χ1n) is 10.5. The van der Waals surface area contributed by atoms with E-state index >= 15 is 0 Å². The van der Waals surface area contributed by atoms with Gasteiger partial charge in [0.15, 0.2) is 11.8 Å². The van der Waals surface area contributed by atoms with Crippen molar-refractivity contribution in [1.29, 1.82) is 0 Å². The molecule has 0 radical (unpaired) electrons. The van der Waals surface area contributed by atoms with Gasteiger partial charge in [-0.2, -0.15) is 0 Å². The highest BCUT2D eigenvalue weighted by Crippen LogP contribution is 2.17. The Labute approximate surface area is 200 Å². The fourth-order valence-corrected chi connectivity index (χ4v) is 3.35. The van der Waals surface area contributed by atoms with Gasteiger partial charge in [0.2, 0.25) is 0 Å². The van der Waals surface area contributed by atoms with E-state index in [0.29, 0.717) is 6.54 Å². The lowest BCUT2D eigenvalue weighted by molar-refractivity contribution is 0.145. The smallest absolute Gasteiger partial charge is 0.194 e. The van der Waals surface area contributed by atoms with Gasteiger partial charge in [-0.3, -0.25) is 0 Å². The second-order valence-electron chi connectivity index (χ2n) is 7.29. The quantitative estimate of drug-likeness (QED) is 0.238. The molecule has 0 atom stereocenters. The van der Waals surface area contributed by atoms with Crippen LogP contribution >= 0.6 is 24.0 Å². The van der Waals surface area contributed by atoms with Crippen LogP contribution in [0.2, 0.25) is 0 Å². The maximum Gasteiger partial charge on any atom is 0.194 e. The minimum atomic E-state index is -0.206. The van der Waals surface area contributed by atoms with E-state index in [2.05, 4.69) is 25.3 Å². The zero-order valence-electron chi connectivity index (χ0n) is 18.6. The highest BCUT2D eigenvalue weighted by atomic mass is 127. The van der Waals surface area contributed by atoms with Crippen molar-refractivity contribution in [1.82, 2.24) is 25.0 Å². The van der Waals surface area contributed by atoms with Gasteiger partial charge in [0.1, 0.15) is 18.2 Å². The number of anilines is 1. The lowest BCUT2D eigenvalue weighted by atomic mass is 10.2. The van der Waals surface area contributed by atoms with Gasteiger partial charge in [-0.1, -0.05) is 0 Å². The Bertz CT molecular complexity index is 820. The van der Waals surface area contributed by atoms with E-state index < -0.39 is 0 Å². The van der Waals surface area contributed by atoms with Crippen LogP contribution < -0.4 is 10.2 Å². The molecule has 172 valence electrons. The van der Waals surface area contributed by atoms with Crippen molar-refractivity contribution in [2.24, 2.45) is 12.0 Å². The molecule has 3 rings (SSSR count). The highest BCUT2D eigenvalue weighted by molar-refractivity contribution is 14.0. The molecule has 0 spiro atoms. The predicted octanol–water partition coefficient (Wildman–Crippen LogP) is 2.58. The Balaban J connectivity index is 0.00000341. The Morgan fingerprint density at radius 3 is 2.48 bits per heavy atom. The molecule has 0 saturated carbocycles. The molecule has 31 heavy (non-hydrogen) atoms. The molecule has 1 aromatic carbocycles. The molecule has 0 aliphatic carbocycles. The van der Waals surface area contributed by atoms with E-state index in [1.165, 1.54) is 12.1 Å². The summed E-state index contributed by atoms with van der Waals surface area (Å²) in [6.45, 7) is 10.1. The van der Waals surface area contributed by atoms with Crippen molar-refractivity contribution in [3.63, 3.8) is 0 Å². The first kappa shape index (κ1) is 25.3. The molecule has 0 bridgehead atoms. The van der Waals surface area contributed by atoms with Crippen LogP contribution in [0.15, 0.2) is 29.3 Å². The average molecular weight is 545 g/mol. The summed E-state index contributed by atoms with van der Waals surface area (Å²) in [7, 11) is 1.96. The third kappa shape index (κ3) is 7.30. The maximum absolute atomic E-state index is 13.2. The second kappa shape index (κ2) is 12.8. The summed E-state index contributed by atoms with van der Waals surface area (Å²) in [6.07, 6.45) is 0.922. The number of rotatable bonds is 8. The fraction of sp³-hybridized carbons (Fsp3) is 0.571. The molecule has 0 unspecified atom stereocenters. The molecule has 8 nitrogen and oxygen atoms in total. The zero-order chi connectivity index (χ0) is 21.3. The molecule has 1 fully saturated rings. The van der Waals surface area contributed by atoms with E-state index in [-0.39, 0.29) is 29.8 Å². The number of nitrogens with one attached hydrogen (secondary N) is 1. The van der Waals surface area contributed by atoms with Crippen LogP contribution in [0.4, 0.5) is 10.1 Å². The van der Waals surface area contributed by atoms with Crippen molar-refractivity contribution in [3.8, 4) is 0 Å². The molecule has 2 heterocycles. The molecule has 10 heteroatoms. The van der Waals surface area contributed by atoms with Crippen molar-refractivity contribution >= 4 is 35.6 Å². The fourth-order valence-electron chi connectivity index (χ4n) is 3.35. The minimum Gasteiger partial charge on any atom is -0.382 e. The van der Waals surface area contributed by atoms with Gasteiger partial charge in [0.05, 0.1) is 0 Å². The number of nitrogens with zero attached hydrogens (tertiary/aromatic N) is 6. The van der Waals surface area contributed by atoms with Crippen LogP contribution in [-0.2, 0) is 18.3 Å². The van der Waals surface area contributed by atoms with Crippen LogP contribution in [0.5, 0.6) is 0 Å². The molecule has 0 amide bonds. The van der Waals surface area contributed by atoms with E-state index in [9.17, 15) is 4.39 Å². The number of aliphatic imine (C=N–C) groups is 1. The molecule has 1 aromatic heterocycles. The number of guanidine groups is 1. The van der Waals surface area contributed by atoms with Gasteiger partial charge in [0, 0.05) is 58.7 Å². The molecule has 2 aromatic rings. The highest BCUT2D eigenvalue weighted by Gasteiger charge is 2.20. The summed E-state index contributed by atoms with van der Waals surface area (Å²) in [5, 5.41) is 11.8. The van der Waals surface area contributed by atoms with Crippen LogP contribution in [0.3, 0.4) is 0 Å². The number of halogens is 2. The summed E-state index contributed by atoms with van der Waals surface area (Å²) < 4.78 is 20.6. The van der Waals surface area contributed by atoms with Gasteiger partial charge in [-0.15, -0.1) is 34.2 Å². The summed E-state index contributed by atoms with van der Waals surface area (Å²) in [6, 6.07) is 6.69. The SMILES string of the molecule is CCOCCCNC(=NCc1nnc(C)n1C)N1CCN(c2ccc(F)cc2)CC1.I. The standard InChI is InChI=1S/C21H32FN7O.HI/c1-4-30-15-5-10-23-21(24-16-20-26-25-17(2)27(20)3)29-13-11-28(12-14-29)19-8-6-18(22)7-9-19;/h6-9H,4-5,10-16H2,1-3H3,(H,23,24);1H. The summed E-state index contributed by atoms with van der Waals surface area (Å²) >= 11 is 0. The number of hydrogen-bond donors (Lipinski definition) is 1. The zero-order valence-corrected chi connectivity index (χ0v) is 20.9. The van der Waals surface area contributed by atoms with Crippen LogP contribution in [0, 0.1) is 12.7 Å². The predicted molar refractivity (Wildman–Crippen MR) is 132 cm³/mol. The molecule has 1 aliphatic heterocycles. The topological polar surface area (TPSA) is 70.8 Å². The largest absolute Gasteiger partial charge is 0.382 e. The Hall–Kier alpha value is -1.95. The maximum atomic E-state index is 13.2. The monoisotopic (exact) mass is 545 g/mol. The van der Waals surface area contributed by atoms with Crippen molar-refractivity contribution in [2.45, 2.75) is 26.8 Å². The third-order valence-electron chi connectivity index (χ3n) is 5.28. The first-order valence-corrected chi connectivity index (χ1v) is 10.5. The molecule has 1 aliphatic rings. The van der Waals surface area contributed by atoms with Crippen LogP contribution in [0.1, 0.15) is 25.0 Å².